The molecule has 0 unspecified atom stereocenters. The van der Waals surface area contributed by atoms with Crippen molar-refractivity contribution in [2.75, 3.05) is 24.6 Å². The molecule has 8 heteroatoms. The molecule has 88 valence electrons. The van der Waals surface area contributed by atoms with E-state index in [4.69, 9.17) is 11.5 Å². The zero-order chi connectivity index (χ0) is 11.9. The standard InChI is InChI=1S/C7H15N3O4S/c8-2-3-10-7(12)1-4-15(13,14)5-6(9)11/h1-5,8H2,(H2,9,11)(H,10,12). The lowest BCUT2D eigenvalue weighted by atomic mass is 10.4. The SMILES string of the molecule is NCCNC(=O)CCS(=O)(=O)CC(N)=O. The fraction of sp³-hybridized carbons (Fsp3) is 0.714. The van der Waals surface area contributed by atoms with Gasteiger partial charge in [-0.2, -0.15) is 0 Å². The van der Waals surface area contributed by atoms with Crippen LogP contribution in [0.5, 0.6) is 0 Å². The second kappa shape index (κ2) is 6.36. The maximum Gasteiger partial charge on any atom is 0.232 e. The number of sulfone groups is 1. The average Bonchev–Trinajstić information content (AvgIpc) is 2.09. The molecule has 0 atom stereocenters. The first-order chi connectivity index (χ1) is 6.87. The average molecular weight is 237 g/mol. The van der Waals surface area contributed by atoms with Crippen LogP contribution in [-0.2, 0) is 19.4 Å². The third-order valence-electron chi connectivity index (χ3n) is 1.47. The van der Waals surface area contributed by atoms with Crippen molar-refractivity contribution in [3.8, 4) is 0 Å². The van der Waals surface area contributed by atoms with Crippen LogP contribution in [0.1, 0.15) is 6.42 Å². The van der Waals surface area contributed by atoms with Crippen molar-refractivity contribution in [1.82, 2.24) is 5.32 Å². The Morgan fingerprint density at radius 2 is 1.87 bits per heavy atom. The number of nitrogens with one attached hydrogen (secondary N) is 1. The number of hydrogen-bond acceptors (Lipinski definition) is 5. The first-order valence-corrected chi connectivity index (χ1v) is 6.15. The maximum atomic E-state index is 11.1. The Hall–Kier alpha value is -1.15. The van der Waals surface area contributed by atoms with Gasteiger partial charge in [-0.25, -0.2) is 8.42 Å². The molecule has 5 N–H and O–H groups in total. The first kappa shape index (κ1) is 13.8. The monoisotopic (exact) mass is 237 g/mol. The van der Waals surface area contributed by atoms with E-state index in [1.165, 1.54) is 0 Å². The molecule has 0 saturated heterocycles. The van der Waals surface area contributed by atoms with E-state index in [1.54, 1.807) is 0 Å². The summed E-state index contributed by atoms with van der Waals surface area (Å²) in [5.41, 5.74) is 9.86. The molecule has 0 radical (unpaired) electrons. The molecule has 0 aromatic heterocycles. The van der Waals surface area contributed by atoms with Crippen molar-refractivity contribution in [2.24, 2.45) is 11.5 Å². The zero-order valence-corrected chi connectivity index (χ0v) is 9.05. The Labute approximate surface area is 88.1 Å². The molecule has 0 aromatic carbocycles. The van der Waals surface area contributed by atoms with Crippen molar-refractivity contribution in [1.29, 1.82) is 0 Å². The van der Waals surface area contributed by atoms with E-state index in [1.807, 2.05) is 0 Å². The third kappa shape index (κ3) is 7.89. The van der Waals surface area contributed by atoms with Crippen molar-refractivity contribution in [3.63, 3.8) is 0 Å². The minimum atomic E-state index is -3.57. The van der Waals surface area contributed by atoms with E-state index in [9.17, 15) is 18.0 Å². The van der Waals surface area contributed by atoms with Gasteiger partial charge in [0, 0.05) is 19.5 Å². The van der Waals surface area contributed by atoms with E-state index in [0.29, 0.717) is 13.1 Å². The predicted molar refractivity (Wildman–Crippen MR) is 54.5 cm³/mol. The minimum absolute atomic E-state index is 0.185. The van der Waals surface area contributed by atoms with Crippen molar-refractivity contribution >= 4 is 21.7 Å². The number of carbonyl (C=O) groups is 2. The van der Waals surface area contributed by atoms with Crippen LogP contribution in [0.3, 0.4) is 0 Å². The van der Waals surface area contributed by atoms with Gasteiger partial charge in [0.25, 0.3) is 0 Å². The summed E-state index contributed by atoms with van der Waals surface area (Å²) in [5.74, 6) is -2.44. The van der Waals surface area contributed by atoms with Gasteiger partial charge in [-0.05, 0) is 0 Å². The second-order valence-corrected chi connectivity index (χ2v) is 5.13. The highest BCUT2D eigenvalue weighted by molar-refractivity contribution is 7.92. The van der Waals surface area contributed by atoms with E-state index < -0.39 is 27.4 Å². The maximum absolute atomic E-state index is 11.1. The number of rotatable bonds is 7. The molecule has 0 aliphatic heterocycles. The number of nitrogens with two attached hydrogens (primary N) is 2. The second-order valence-electron chi connectivity index (χ2n) is 2.95. The molecule has 15 heavy (non-hydrogen) atoms. The molecular formula is C7H15N3O4S. The van der Waals surface area contributed by atoms with Crippen molar-refractivity contribution in [2.45, 2.75) is 6.42 Å². The van der Waals surface area contributed by atoms with Gasteiger partial charge in [0.15, 0.2) is 9.84 Å². The van der Waals surface area contributed by atoms with Gasteiger partial charge in [0.1, 0.15) is 5.75 Å². The molecule has 2 amide bonds. The Morgan fingerprint density at radius 1 is 1.27 bits per heavy atom. The van der Waals surface area contributed by atoms with Crippen LogP contribution in [0, 0.1) is 0 Å². The van der Waals surface area contributed by atoms with Crippen LogP contribution in [0.2, 0.25) is 0 Å². The van der Waals surface area contributed by atoms with Gasteiger partial charge in [0.2, 0.25) is 11.8 Å². The lowest BCUT2D eigenvalue weighted by Crippen LogP contribution is -2.32. The fourth-order valence-corrected chi connectivity index (χ4v) is 1.91. The van der Waals surface area contributed by atoms with Gasteiger partial charge < -0.3 is 16.8 Å². The Bertz CT molecular complexity index is 325. The summed E-state index contributed by atoms with van der Waals surface area (Å²) >= 11 is 0. The van der Waals surface area contributed by atoms with E-state index in [0.717, 1.165) is 0 Å². The summed E-state index contributed by atoms with van der Waals surface area (Å²) in [6, 6.07) is 0. The summed E-state index contributed by atoms with van der Waals surface area (Å²) in [6.45, 7) is 0.592. The summed E-state index contributed by atoms with van der Waals surface area (Å²) in [6.07, 6.45) is -0.185. The lowest BCUT2D eigenvalue weighted by Gasteiger charge is -2.03. The Morgan fingerprint density at radius 3 is 2.33 bits per heavy atom. The smallest absolute Gasteiger partial charge is 0.232 e. The molecule has 0 aliphatic carbocycles. The normalized spacial score (nSPS) is 11.0. The largest absolute Gasteiger partial charge is 0.369 e. The summed E-state index contributed by atoms with van der Waals surface area (Å²) in [7, 11) is -3.57. The first-order valence-electron chi connectivity index (χ1n) is 4.33. The molecule has 0 aromatic rings. The van der Waals surface area contributed by atoms with Crippen molar-refractivity contribution < 1.29 is 18.0 Å². The predicted octanol–water partition coefficient (Wildman–Crippen LogP) is -2.65. The topological polar surface area (TPSA) is 132 Å². The zero-order valence-electron chi connectivity index (χ0n) is 8.23. The highest BCUT2D eigenvalue weighted by Crippen LogP contribution is 1.93. The molecular weight excluding hydrogens is 222 g/mol. The van der Waals surface area contributed by atoms with E-state index in [2.05, 4.69) is 5.32 Å². The van der Waals surface area contributed by atoms with Crippen LogP contribution in [0.25, 0.3) is 0 Å². The highest BCUT2D eigenvalue weighted by atomic mass is 32.2. The number of hydrogen-bond donors (Lipinski definition) is 3. The van der Waals surface area contributed by atoms with E-state index >= 15 is 0 Å². The minimum Gasteiger partial charge on any atom is -0.369 e. The third-order valence-corrected chi connectivity index (χ3v) is 3.02. The quantitative estimate of drug-likeness (QED) is 0.445. The van der Waals surface area contributed by atoms with Crippen LogP contribution >= 0.6 is 0 Å². The molecule has 0 saturated carbocycles. The van der Waals surface area contributed by atoms with Crippen LogP contribution in [0.4, 0.5) is 0 Å². The number of primary amides is 1. The van der Waals surface area contributed by atoms with Gasteiger partial charge in [-0.1, -0.05) is 0 Å². The fourth-order valence-electron chi connectivity index (χ4n) is 0.837. The Balaban J connectivity index is 3.93. The van der Waals surface area contributed by atoms with Gasteiger partial charge in [-0.3, -0.25) is 9.59 Å². The van der Waals surface area contributed by atoms with Crippen LogP contribution in [0.15, 0.2) is 0 Å². The molecule has 0 bridgehead atoms. The molecule has 7 nitrogen and oxygen atoms in total. The number of carbonyl (C=O) groups excluding carboxylic acids is 2. The molecule has 0 fully saturated rings. The Kier molecular flexibility index (Phi) is 5.87. The summed E-state index contributed by atoms with van der Waals surface area (Å²) in [5, 5.41) is 2.41. The van der Waals surface area contributed by atoms with Crippen LogP contribution < -0.4 is 16.8 Å². The van der Waals surface area contributed by atoms with E-state index in [-0.39, 0.29) is 12.2 Å². The van der Waals surface area contributed by atoms with Gasteiger partial charge in [-0.15, -0.1) is 0 Å². The lowest BCUT2D eigenvalue weighted by molar-refractivity contribution is -0.120. The summed E-state index contributed by atoms with van der Waals surface area (Å²) in [4.78, 5) is 21.3. The van der Waals surface area contributed by atoms with Crippen molar-refractivity contribution in [3.05, 3.63) is 0 Å². The summed E-state index contributed by atoms with van der Waals surface area (Å²) < 4.78 is 22.2. The molecule has 0 spiro atoms. The number of amides is 2. The van der Waals surface area contributed by atoms with Gasteiger partial charge >= 0.3 is 0 Å². The molecule has 0 rings (SSSR count). The molecule has 0 aliphatic rings. The van der Waals surface area contributed by atoms with Gasteiger partial charge in [0.05, 0.1) is 5.75 Å². The molecule has 0 heterocycles. The highest BCUT2D eigenvalue weighted by Gasteiger charge is 2.15. The van der Waals surface area contributed by atoms with Crippen LogP contribution in [-0.4, -0.2) is 44.8 Å².